The standard InChI is InChI=1S/C33H37FN6O5/c1-3-18-45-33(44)35-17-7-12-28-31(42)38(20-25-10-6-9-24-8-4-5-11-27(24)25)21-29-39(28)30(41)22-37(2)40(29)32(43)36-19-23-13-15-26(34)16-14-23/h3-6,8-11,13-16,28-29H,1,7,12,17-22H2,2H3,(H,35,44)(H,36,43)/t28-,29-/m0/s1. The van der Waals surface area contributed by atoms with Crippen molar-refractivity contribution in [3.63, 3.8) is 0 Å². The summed E-state index contributed by atoms with van der Waals surface area (Å²) < 4.78 is 18.4. The van der Waals surface area contributed by atoms with Gasteiger partial charge in [0.1, 0.15) is 24.6 Å². The number of amides is 5. The molecule has 5 amide bonds. The fourth-order valence-corrected chi connectivity index (χ4v) is 5.89. The number of halogens is 1. The molecule has 0 aromatic heterocycles. The van der Waals surface area contributed by atoms with E-state index in [1.54, 1.807) is 29.1 Å². The second kappa shape index (κ2) is 14.2. The van der Waals surface area contributed by atoms with Crippen molar-refractivity contribution in [2.75, 3.05) is 33.3 Å². The highest BCUT2D eigenvalue weighted by molar-refractivity contribution is 5.92. The molecule has 2 atom stereocenters. The topological polar surface area (TPSA) is 115 Å². The van der Waals surface area contributed by atoms with Gasteiger partial charge in [-0.25, -0.2) is 24.0 Å². The third-order valence-electron chi connectivity index (χ3n) is 8.00. The molecule has 0 bridgehead atoms. The monoisotopic (exact) mass is 616 g/mol. The average molecular weight is 617 g/mol. The summed E-state index contributed by atoms with van der Waals surface area (Å²) in [6.45, 7) is 4.27. The first-order chi connectivity index (χ1) is 21.8. The summed E-state index contributed by atoms with van der Waals surface area (Å²) in [7, 11) is 1.66. The van der Waals surface area contributed by atoms with E-state index in [1.165, 1.54) is 28.1 Å². The number of ether oxygens (including phenoxy) is 1. The van der Waals surface area contributed by atoms with E-state index in [9.17, 15) is 23.6 Å². The highest BCUT2D eigenvalue weighted by Crippen LogP contribution is 2.30. The Balaban J connectivity index is 1.39. The van der Waals surface area contributed by atoms with Crippen molar-refractivity contribution in [1.82, 2.24) is 30.5 Å². The molecule has 236 valence electrons. The van der Waals surface area contributed by atoms with Gasteiger partial charge in [-0.1, -0.05) is 67.3 Å². The summed E-state index contributed by atoms with van der Waals surface area (Å²) in [5, 5.41) is 10.6. The number of hydrogen-bond acceptors (Lipinski definition) is 6. The smallest absolute Gasteiger partial charge is 0.407 e. The Morgan fingerprint density at radius 1 is 1.04 bits per heavy atom. The van der Waals surface area contributed by atoms with E-state index < -0.39 is 24.3 Å². The summed E-state index contributed by atoms with van der Waals surface area (Å²) in [6.07, 6.45) is 0.757. The number of piperazine rings is 1. The van der Waals surface area contributed by atoms with Crippen LogP contribution in [0.3, 0.4) is 0 Å². The Morgan fingerprint density at radius 2 is 1.80 bits per heavy atom. The number of carbonyl (C=O) groups is 4. The van der Waals surface area contributed by atoms with Crippen molar-refractivity contribution < 1.29 is 28.3 Å². The van der Waals surface area contributed by atoms with Gasteiger partial charge in [0.15, 0.2) is 0 Å². The number of benzene rings is 3. The van der Waals surface area contributed by atoms with Crippen LogP contribution in [0.25, 0.3) is 10.8 Å². The lowest BCUT2D eigenvalue weighted by Crippen LogP contribution is -2.75. The zero-order valence-electron chi connectivity index (χ0n) is 25.2. The molecular formula is C33H37FN6O5. The molecule has 0 unspecified atom stereocenters. The van der Waals surface area contributed by atoms with E-state index >= 15 is 0 Å². The largest absolute Gasteiger partial charge is 0.445 e. The number of carbonyl (C=O) groups excluding carboxylic acids is 4. The molecule has 5 rings (SSSR count). The van der Waals surface area contributed by atoms with Crippen molar-refractivity contribution in [2.45, 2.75) is 38.1 Å². The molecule has 2 fully saturated rings. The van der Waals surface area contributed by atoms with E-state index in [0.717, 1.165) is 16.3 Å². The number of hydrazine groups is 1. The predicted molar refractivity (Wildman–Crippen MR) is 166 cm³/mol. The number of urea groups is 1. The zero-order valence-corrected chi connectivity index (χ0v) is 25.2. The van der Waals surface area contributed by atoms with E-state index in [1.807, 2.05) is 42.5 Å². The summed E-state index contributed by atoms with van der Waals surface area (Å²) >= 11 is 0. The molecule has 11 nitrogen and oxygen atoms in total. The highest BCUT2D eigenvalue weighted by Gasteiger charge is 2.50. The molecule has 0 spiro atoms. The maximum atomic E-state index is 14.1. The van der Waals surface area contributed by atoms with E-state index in [-0.39, 0.29) is 63.4 Å². The number of likely N-dealkylation sites (N-methyl/N-ethyl adjacent to an activating group) is 1. The van der Waals surface area contributed by atoms with Gasteiger partial charge in [-0.15, -0.1) is 0 Å². The Hall–Kier alpha value is -4.97. The molecule has 3 aromatic carbocycles. The SMILES string of the molecule is C=CCOC(=O)NCCC[C@H]1C(=O)N(Cc2cccc3ccccc23)C[C@H]2N1C(=O)CN(C)N2C(=O)NCc1ccc(F)cc1. The van der Waals surface area contributed by atoms with Gasteiger partial charge in [0, 0.05) is 26.7 Å². The molecule has 12 heteroatoms. The van der Waals surface area contributed by atoms with Crippen LogP contribution in [0.4, 0.5) is 14.0 Å². The lowest BCUT2D eigenvalue weighted by atomic mass is 9.99. The molecule has 0 aliphatic carbocycles. The van der Waals surface area contributed by atoms with Crippen molar-refractivity contribution >= 4 is 34.7 Å². The highest BCUT2D eigenvalue weighted by atomic mass is 19.1. The second-order valence-corrected chi connectivity index (χ2v) is 11.1. The Morgan fingerprint density at radius 3 is 2.58 bits per heavy atom. The Kier molecular flexibility index (Phi) is 9.93. The molecule has 0 saturated carbocycles. The molecule has 2 heterocycles. The number of nitrogens with one attached hydrogen (secondary N) is 2. The minimum absolute atomic E-state index is 0.0760. The van der Waals surface area contributed by atoms with Crippen LogP contribution >= 0.6 is 0 Å². The van der Waals surface area contributed by atoms with Crippen LogP contribution in [0.2, 0.25) is 0 Å². The normalized spacial score (nSPS) is 18.5. The van der Waals surface area contributed by atoms with E-state index in [4.69, 9.17) is 4.74 Å². The van der Waals surface area contributed by atoms with Gasteiger partial charge in [0.25, 0.3) is 0 Å². The van der Waals surface area contributed by atoms with Gasteiger partial charge >= 0.3 is 12.1 Å². The van der Waals surface area contributed by atoms with Gasteiger partial charge in [-0.3, -0.25) is 9.59 Å². The fourth-order valence-electron chi connectivity index (χ4n) is 5.89. The summed E-state index contributed by atoms with van der Waals surface area (Å²) in [5.41, 5.74) is 1.66. The molecule has 2 aliphatic rings. The molecular weight excluding hydrogens is 579 g/mol. The second-order valence-electron chi connectivity index (χ2n) is 11.1. The van der Waals surface area contributed by atoms with Crippen LogP contribution in [0.5, 0.6) is 0 Å². The summed E-state index contributed by atoms with van der Waals surface area (Å²) in [5.74, 6) is -0.868. The van der Waals surface area contributed by atoms with Crippen LogP contribution < -0.4 is 10.6 Å². The van der Waals surface area contributed by atoms with E-state index in [2.05, 4.69) is 17.2 Å². The first-order valence-electron chi connectivity index (χ1n) is 14.9. The van der Waals surface area contributed by atoms with Crippen LogP contribution in [-0.4, -0.2) is 89.3 Å². The van der Waals surface area contributed by atoms with Gasteiger partial charge in [0.05, 0.1) is 13.1 Å². The van der Waals surface area contributed by atoms with Gasteiger partial charge in [-0.05, 0) is 46.9 Å². The van der Waals surface area contributed by atoms with E-state index in [0.29, 0.717) is 12.0 Å². The Bertz CT molecular complexity index is 1560. The first kappa shape index (κ1) is 31.5. The maximum Gasteiger partial charge on any atom is 0.407 e. The number of fused-ring (bicyclic) bond motifs is 2. The third kappa shape index (κ3) is 7.23. The third-order valence-corrected chi connectivity index (χ3v) is 8.00. The number of nitrogens with zero attached hydrogens (tertiary/aromatic N) is 4. The van der Waals surface area contributed by atoms with Crippen LogP contribution in [0, 0.1) is 5.82 Å². The lowest BCUT2D eigenvalue weighted by molar-refractivity contribution is -0.188. The number of hydrogen-bond donors (Lipinski definition) is 2. The lowest BCUT2D eigenvalue weighted by Gasteiger charge is -2.54. The summed E-state index contributed by atoms with van der Waals surface area (Å²) in [4.78, 5) is 56.3. The molecule has 3 aromatic rings. The molecule has 2 N–H and O–H groups in total. The van der Waals surface area contributed by atoms with Crippen molar-refractivity contribution in [3.8, 4) is 0 Å². The predicted octanol–water partition coefficient (Wildman–Crippen LogP) is 3.61. The van der Waals surface area contributed by atoms with Crippen molar-refractivity contribution in [2.24, 2.45) is 0 Å². The van der Waals surface area contributed by atoms with Gasteiger partial charge in [-0.2, -0.15) is 0 Å². The number of alkyl carbamates (subject to hydrolysis) is 1. The average Bonchev–Trinajstić information content (AvgIpc) is 3.03. The van der Waals surface area contributed by atoms with Crippen LogP contribution in [0.1, 0.15) is 24.0 Å². The summed E-state index contributed by atoms with van der Waals surface area (Å²) in [6, 6.07) is 18.4. The zero-order chi connectivity index (χ0) is 31.9. The first-order valence-corrected chi connectivity index (χ1v) is 14.9. The van der Waals surface area contributed by atoms with Gasteiger partial charge < -0.3 is 25.2 Å². The minimum Gasteiger partial charge on any atom is -0.445 e. The quantitative estimate of drug-likeness (QED) is 0.266. The van der Waals surface area contributed by atoms with Crippen molar-refractivity contribution in [3.05, 3.63) is 96.3 Å². The molecule has 45 heavy (non-hydrogen) atoms. The van der Waals surface area contributed by atoms with Gasteiger partial charge in [0.2, 0.25) is 11.8 Å². The van der Waals surface area contributed by atoms with Crippen LogP contribution in [0.15, 0.2) is 79.4 Å². The maximum absolute atomic E-state index is 14.1. The molecule has 0 radical (unpaired) electrons. The number of rotatable bonds is 10. The van der Waals surface area contributed by atoms with Crippen LogP contribution in [-0.2, 0) is 27.4 Å². The minimum atomic E-state index is -0.849. The molecule has 2 saturated heterocycles. The molecule has 2 aliphatic heterocycles. The fraction of sp³-hybridized carbons (Fsp3) is 0.333. The van der Waals surface area contributed by atoms with Crippen molar-refractivity contribution in [1.29, 1.82) is 0 Å². The Labute approximate surface area is 261 Å².